The molecule has 7 heteroatoms. The Morgan fingerprint density at radius 3 is 2.79 bits per heavy atom. The van der Waals surface area contributed by atoms with E-state index < -0.39 is 4.92 Å². The molecule has 4 rings (SSSR count). The molecule has 142 valence electrons. The number of carbonyl (C=O) groups is 1. The zero-order valence-corrected chi connectivity index (χ0v) is 16.1. The molecule has 1 heterocycles. The number of amides is 1. The van der Waals surface area contributed by atoms with Gasteiger partial charge in [-0.2, -0.15) is 0 Å². The summed E-state index contributed by atoms with van der Waals surface area (Å²) >= 11 is 1.63. The van der Waals surface area contributed by atoms with Crippen molar-refractivity contribution in [3.63, 3.8) is 0 Å². The van der Waals surface area contributed by atoms with Gasteiger partial charge in [-0.05, 0) is 38.0 Å². The Bertz CT molecular complexity index is 1060. The predicted octanol–water partition coefficient (Wildman–Crippen LogP) is 5.20. The van der Waals surface area contributed by atoms with Crippen molar-refractivity contribution >= 4 is 38.8 Å². The molecule has 1 aliphatic carbocycles. The lowest BCUT2D eigenvalue weighted by atomic mass is 9.82. The fourth-order valence-corrected chi connectivity index (χ4v) is 4.69. The first-order valence-corrected chi connectivity index (χ1v) is 9.91. The third-order valence-electron chi connectivity index (χ3n) is 5.07. The zero-order chi connectivity index (χ0) is 19.7. The first kappa shape index (κ1) is 18.3. The highest BCUT2D eigenvalue weighted by Crippen LogP contribution is 2.39. The van der Waals surface area contributed by atoms with Crippen molar-refractivity contribution in [1.82, 2.24) is 4.98 Å². The molecular formula is C21H19N3O3S. The summed E-state index contributed by atoms with van der Waals surface area (Å²) in [6, 6.07) is 12.7. The number of aromatic nitrogens is 1. The maximum Gasteiger partial charge on any atom is 0.274 e. The number of aryl methyl sites for hydroxylation is 1. The van der Waals surface area contributed by atoms with E-state index in [1.54, 1.807) is 30.4 Å². The van der Waals surface area contributed by atoms with Crippen molar-refractivity contribution in [3.05, 3.63) is 75.3 Å². The Balaban J connectivity index is 1.59. The standard InChI is InChI=1S/C21H19N3O3S/c1-13-10-11-14(12-18(13)24(26)27)22-20(25)15-6-2-3-7-16(15)21-23-17-8-4-5-9-19(17)28-21/h2-5,8-12,15-16H,6-7H2,1H3,(H,22,25). The Hall–Kier alpha value is -3.06. The van der Waals surface area contributed by atoms with E-state index in [0.717, 1.165) is 21.6 Å². The molecule has 28 heavy (non-hydrogen) atoms. The second kappa shape index (κ2) is 7.52. The number of carbonyl (C=O) groups excluding carboxylic acids is 1. The van der Waals surface area contributed by atoms with Gasteiger partial charge >= 0.3 is 0 Å². The van der Waals surface area contributed by atoms with Crippen LogP contribution in [0.15, 0.2) is 54.6 Å². The van der Waals surface area contributed by atoms with Crippen molar-refractivity contribution in [1.29, 1.82) is 0 Å². The van der Waals surface area contributed by atoms with E-state index in [9.17, 15) is 14.9 Å². The second-order valence-electron chi connectivity index (χ2n) is 6.92. The number of rotatable bonds is 4. The molecule has 1 aliphatic rings. The number of thiazole rings is 1. The highest BCUT2D eigenvalue weighted by atomic mass is 32.1. The first-order valence-electron chi connectivity index (χ1n) is 9.09. The van der Waals surface area contributed by atoms with Gasteiger partial charge in [-0.1, -0.05) is 30.4 Å². The van der Waals surface area contributed by atoms with Gasteiger partial charge in [0.2, 0.25) is 5.91 Å². The summed E-state index contributed by atoms with van der Waals surface area (Å²) in [5.74, 6) is -0.388. The number of benzene rings is 2. The molecule has 0 aliphatic heterocycles. The molecule has 3 aromatic rings. The minimum Gasteiger partial charge on any atom is -0.326 e. The summed E-state index contributed by atoms with van der Waals surface area (Å²) in [5.41, 5.74) is 1.96. The predicted molar refractivity (Wildman–Crippen MR) is 111 cm³/mol. The topological polar surface area (TPSA) is 85.1 Å². The van der Waals surface area contributed by atoms with Gasteiger partial charge in [-0.15, -0.1) is 11.3 Å². The van der Waals surface area contributed by atoms with E-state index in [4.69, 9.17) is 4.98 Å². The van der Waals surface area contributed by atoms with Gasteiger partial charge in [-0.3, -0.25) is 14.9 Å². The van der Waals surface area contributed by atoms with E-state index in [1.807, 2.05) is 30.3 Å². The SMILES string of the molecule is Cc1ccc(NC(=O)C2CC=CCC2c2nc3ccccc3s2)cc1[N+](=O)[O-]. The van der Waals surface area contributed by atoms with Crippen LogP contribution in [0.5, 0.6) is 0 Å². The summed E-state index contributed by atoms with van der Waals surface area (Å²) in [5, 5.41) is 15.0. The molecule has 0 bridgehead atoms. The number of nitrogens with one attached hydrogen (secondary N) is 1. The number of nitro benzene ring substituents is 1. The number of hydrogen-bond donors (Lipinski definition) is 1. The quantitative estimate of drug-likeness (QED) is 0.375. The molecule has 2 aromatic carbocycles. The minimum atomic E-state index is -0.432. The van der Waals surface area contributed by atoms with Crippen molar-refractivity contribution < 1.29 is 9.72 Å². The molecule has 0 saturated heterocycles. The third-order valence-corrected chi connectivity index (χ3v) is 6.24. The lowest BCUT2D eigenvalue weighted by Crippen LogP contribution is -2.29. The van der Waals surface area contributed by atoms with Gasteiger partial charge in [0.15, 0.2) is 0 Å². The van der Waals surface area contributed by atoms with E-state index in [0.29, 0.717) is 17.7 Å². The lowest BCUT2D eigenvalue weighted by molar-refractivity contribution is -0.385. The summed E-state index contributed by atoms with van der Waals surface area (Å²) in [4.78, 5) is 28.5. The van der Waals surface area contributed by atoms with Crippen molar-refractivity contribution in [2.24, 2.45) is 5.92 Å². The third kappa shape index (κ3) is 3.53. The molecule has 1 amide bonds. The number of allylic oxidation sites excluding steroid dienone is 2. The molecule has 0 fully saturated rings. The van der Waals surface area contributed by atoms with Gasteiger partial charge in [0.05, 0.1) is 26.1 Å². The molecule has 0 saturated carbocycles. The van der Waals surface area contributed by atoms with Gasteiger partial charge in [0.1, 0.15) is 0 Å². The second-order valence-corrected chi connectivity index (χ2v) is 7.99. The van der Waals surface area contributed by atoms with Crippen LogP contribution in [0.1, 0.15) is 29.3 Å². The van der Waals surface area contributed by atoms with Crippen LogP contribution in [0, 0.1) is 23.0 Å². The number of nitrogens with zero attached hydrogens (tertiary/aromatic N) is 2. The van der Waals surface area contributed by atoms with Crippen LogP contribution in [0.3, 0.4) is 0 Å². The van der Waals surface area contributed by atoms with Gasteiger partial charge in [0, 0.05) is 23.2 Å². The average Bonchev–Trinajstić information content (AvgIpc) is 3.13. The summed E-state index contributed by atoms with van der Waals surface area (Å²) in [6.07, 6.45) is 5.50. The summed E-state index contributed by atoms with van der Waals surface area (Å²) in [7, 11) is 0. The Morgan fingerprint density at radius 1 is 1.21 bits per heavy atom. The normalized spacial score (nSPS) is 18.9. The minimum absolute atomic E-state index is 0.00262. The van der Waals surface area contributed by atoms with Crippen LogP contribution in [0.2, 0.25) is 0 Å². The molecule has 6 nitrogen and oxygen atoms in total. The van der Waals surface area contributed by atoms with Crippen molar-refractivity contribution in [3.8, 4) is 0 Å². The first-order chi connectivity index (χ1) is 13.5. The highest BCUT2D eigenvalue weighted by molar-refractivity contribution is 7.18. The number of nitro groups is 1. The summed E-state index contributed by atoms with van der Waals surface area (Å²) < 4.78 is 1.11. The maximum absolute atomic E-state index is 13.0. The smallest absolute Gasteiger partial charge is 0.274 e. The van der Waals surface area contributed by atoms with Crippen LogP contribution >= 0.6 is 11.3 Å². The fourth-order valence-electron chi connectivity index (χ4n) is 3.54. The van der Waals surface area contributed by atoms with Crippen LogP contribution in [-0.4, -0.2) is 15.8 Å². The Labute approximate surface area is 166 Å². The van der Waals surface area contributed by atoms with Crippen molar-refractivity contribution in [2.45, 2.75) is 25.7 Å². The number of fused-ring (bicyclic) bond motifs is 1. The fraction of sp³-hybridized carbons (Fsp3) is 0.238. The lowest BCUT2D eigenvalue weighted by Gasteiger charge is -2.26. The summed E-state index contributed by atoms with van der Waals surface area (Å²) in [6.45, 7) is 1.68. The zero-order valence-electron chi connectivity index (χ0n) is 15.3. The maximum atomic E-state index is 13.0. The highest BCUT2D eigenvalue weighted by Gasteiger charge is 2.32. The van der Waals surface area contributed by atoms with Crippen LogP contribution in [0.4, 0.5) is 11.4 Å². The van der Waals surface area contributed by atoms with Gasteiger partial charge in [0.25, 0.3) is 5.69 Å². The molecule has 0 spiro atoms. The molecule has 1 aromatic heterocycles. The van der Waals surface area contributed by atoms with Crippen LogP contribution in [0.25, 0.3) is 10.2 Å². The van der Waals surface area contributed by atoms with E-state index >= 15 is 0 Å². The monoisotopic (exact) mass is 393 g/mol. The Kier molecular flexibility index (Phi) is 4.92. The van der Waals surface area contributed by atoms with Gasteiger partial charge in [-0.25, -0.2) is 4.98 Å². The molecule has 2 atom stereocenters. The Morgan fingerprint density at radius 2 is 2.00 bits per heavy atom. The number of anilines is 1. The molecule has 0 radical (unpaired) electrons. The largest absolute Gasteiger partial charge is 0.326 e. The van der Waals surface area contributed by atoms with Crippen LogP contribution in [-0.2, 0) is 4.79 Å². The van der Waals surface area contributed by atoms with Gasteiger partial charge < -0.3 is 5.32 Å². The molecule has 2 unspecified atom stereocenters. The van der Waals surface area contributed by atoms with E-state index in [1.165, 1.54) is 6.07 Å². The number of para-hydroxylation sites is 1. The number of hydrogen-bond acceptors (Lipinski definition) is 5. The average molecular weight is 393 g/mol. The molecule has 1 N–H and O–H groups in total. The van der Waals surface area contributed by atoms with Crippen LogP contribution < -0.4 is 5.32 Å². The van der Waals surface area contributed by atoms with E-state index in [-0.39, 0.29) is 23.4 Å². The van der Waals surface area contributed by atoms with Crippen molar-refractivity contribution in [2.75, 3.05) is 5.32 Å². The molecular weight excluding hydrogens is 374 g/mol. The van der Waals surface area contributed by atoms with E-state index in [2.05, 4.69) is 11.4 Å².